The number of amides is 1. The van der Waals surface area contributed by atoms with Crippen molar-refractivity contribution in [1.82, 2.24) is 9.55 Å². The second-order valence-corrected chi connectivity index (χ2v) is 6.72. The monoisotopic (exact) mass is 418 g/mol. The van der Waals surface area contributed by atoms with Crippen molar-refractivity contribution in [2.24, 2.45) is 0 Å². The minimum Gasteiger partial charge on any atom is -0.595 e. The Morgan fingerprint density at radius 3 is 2.57 bits per heavy atom. The predicted octanol–water partition coefficient (Wildman–Crippen LogP) is 2.82. The molecular formula is C18H15ClN4O4S. The van der Waals surface area contributed by atoms with Gasteiger partial charge in [0.25, 0.3) is 5.91 Å². The summed E-state index contributed by atoms with van der Waals surface area (Å²) in [6, 6.07) is 10.8. The molecule has 4 N–H and O–H groups in total. The second-order valence-electron chi connectivity index (χ2n) is 5.90. The van der Waals surface area contributed by atoms with E-state index in [2.05, 4.69) is 10.3 Å². The smallest absolute Gasteiger partial charge is 0.260 e. The second kappa shape index (κ2) is 8.05. The zero-order chi connectivity index (χ0) is 20.4. The zero-order valence-electron chi connectivity index (χ0n) is 14.5. The molecule has 28 heavy (non-hydrogen) atoms. The first-order valence-corrected chi connectivity index (χ1v) is 8.82. The van der Waals surface area contributed by atoms with Crippen molar-refractivity contribution < 1.29 is 20.0 Å². The number of aromatic amines is 1. The minimum absolute atomic E-state index is 0.0543. The van der Waals surface area contributed by atoms with Crippen molar-refractivity contribution in [2.75, 3.05) is 5.32 Å². The van der Waals surface area contributed by atoms with Crippen LogP contribution in [0, 0.1) is 9.98 Å². The van der Waals surface area contributed by atoms with Crippen molar-refractivity contribution in [1.29, 1.82) is 0 Å². The van der Waals surface area contributed by atoms with Crippen molar-refractivity contribution in [2.45, 2.75) is 6.92 Å². The molecule has 2 aromatic carbocycles. The highest BCUT2D eigenvalue weighted by atomic mass is 35.5. The molecule has 0 aliphatic rings. The number of carbonyl (C=O) groups is 2. The fourth-order valence-electron chi connectivity index (χ4n) is 2.55. The van der Waals surface area contributed by atoms with Crippen molar-refractivity contribution in [3.63, 3.8) is 0 Å². The summed E-state index contributed by atoms with van der Waals surface area (Å²) < 4.78 is 1.62. The number of benzene rings is 2. The highest BCUT2D eigenvalue weighted by Crippen LogP contribution is 2.20. The average molecular weight is 419 g/mol. The largest absolute Gasteiger partial charge is 0.595 e. The highest BCUT2D eigenvalue weighted by Gasteiger charge is 2.17. The first-order chi connectivity index (χ1) is 13.3. The topological polar surface area (TPSA) is 115 Å². The third-order valence-corrected chi connectivity index (χ3v) is 4.50. The van der Waals surface area contributed by atoms with Crippen LogP contribution in [-0.4, -0.2) is 26.4 Å². The Bertz CT molecular complexity index is 1150. The number of halogens is 1. The standard InChI is InChI=1S/C18H15ClN4O4S/c1-10(24)14(17(25)20-12-4-2-11(19)3-5-12)9-22-16-8-13(23(26)27)6-7-15(16)21-18(22)28/h2-9,23,26H,1H3,(H,20,25)(H,21,28)/b14-9+. The summed E-state index contributed by atoms with van der Waals surface area (Å²) in [5.74, 6) is -1.10. The van der Waals surface area contributed by atoms with E-state index in [1.165, 1.54) is 29.8 Å². The van der Waals surface area contributed by atoms with Crippen LogP contribution < -0.4 is 10.5 Å². The van der Waals surface area contributed by atoms with Crippen LogP contribution in [0.5, 0.6) is 0 Å². The molecule has 1 heterocycles. The van der Waals surface area contributed by atoms with Crippen LogP contribution in [-0.2, 0) is 9.59 Å². The maximum Gasteiger partial charge on any atom is 0.260 e. The molecule has 8 nitrogen and oxygen atoms in total. The van der Waals surface area contributed by atoms with Gasteiger partial charge in [-0.3, -0.25) is 14.2 Å². The number of nitrogens with zero attached hydrogens (tertiary/aromatic N) is 1. The molecule has 1 unspecified atom stereocenters. The number of fused-ring (bicyclic) bond motifs is 1. The normalized spacial score (nSPS) is 12.8. The van der Waals surface area contributed by atoms with E-state index in [1.807, 2.05) is 0 Å². The van der Waals surface area contributed by atoms with Crippen molar-refractivity contribution >= 4 is 64.1 Å². The molecule has 3 aromatic rings. The maximum absolute atomic E-state index is 12.6. The van der Waals surface area contributed by atoms with Gasteiger partial charge in [0.2, 0.25) is 0 Å². The lowest BCUT2D eigenvalue weighted by molar-refractivity contribution is -0.991. The number of aromatic nitrogens is 2. The fraction of sp³-hybridized carbons (Fsp3) is 0.0556. The first kappa shape index (κ1) is 19.9. The number of carbonyl (C=O) groups excluding carboxylic acids is 2. The molecule has 1 aromatic heterocycles. The van der Waals surface area contributed by atoms with Gasteiger partial charge in [0.05, 0.1) is 16.6 Å². The van der Waals surface area contributed by atoms with Gasteiger partial charge in [0.15, 0.2) is 16.2 Å². The summed E-state index contributed by atoms with van der Waals surface area (Å²) in [6.07, 6.45) is 1.29. The van der Waals surface area contributed by atoms with Crippen LogP contribution >= 0.6 is 23.8 Å². The maximum atomic E-state index is 12.6. The summed E-state index contributed by atoms with van der Waals surface area (Å²) in [5.41, 5.74) is 1.39. The highest BCUT2D eigenvalue weighted by molar-refractivity contribution is 7.71. The van der Waals surface area contributed by atoms with Crippen LogP contribution in [0.4, 0.5) is 11.4 Å². The molecule has 144 valence electrons. The lowest BCUT2D eigenvalue weighted by Crippen LogP contribution is -2.99. The van der Waals surface area contributed by atoms with E-state index in [4.69, 9.17) is 23.8 Å². The van der Waals surface area contributed by atoms with Gasteiger partial charge in [-0.15, -0.1) is 0 Å². The molecule has 0 bridgehead atoms. The lowest BCUT2D eigenvalue weighted by atomic mass is 10.2. The number of hydrogen-bond acceptors (Lipinski definition) is 5. The average Bonchev–Trinajstić information content (AvgIpc) is 2.95. The quantitative estimate of drug-likeness (QED) is 0.167. The number of quaternary nitrogens is 1. The SMILES string of the molecule is CC(=O)/C(=C\n1c(=S)[nH]c2ccc([NH+]([O-])O)cc21)C(=O)Nc1ccc(Cl)cc1. The summed E-state index contributed by atoms with van der Waals surface area (Å²) >= 11 is 11.1. The van der Waals surface area contributed by atoms with Crippen molar-refractivity contribution in [3.05, 3.63) is 63.0 Å². The Balaban J connectivity index is 2.04. The van der Waals surface area contributed by atoms with E-state index in [9.17, 15) is 20.0 Å². The number of nitrogens with one attached hydrogen (secondary N) is 3. The number of imidazole rings is 1. The van der Waals surface area contributed by atoms with E-state index < -0.39 is 16.9 Å². The summed E-state index contributed by atoms with van der Waals surface area (Å²) in [5, 5.41) is 22.5. The van der Waals surface area contributed by atoms with Crippen molar-refractivity contribution in [3.8, 4) is 0 Å². The van der Waals surface area contributed by atoms with E-state index in [0.717, 1.165) is 0 Å². The molecule has 3 rings (SSSR count). The number of H-pyrrole nitrogens is 1. The Kier molecular flexibility index (Phi) is 5.73. The molecule has 1 amide bonds. The van der Waals surface area contributed by atoms with E-state index in [1.54, 1.807) is 30.3 Å². The molecule has 0 fully saturated rings. The summed E-state index contributed by atoms with van der Waals surface area (Å²) in [6.45, 7) is 1.26. The van der Waals surface area contributed by atoms with Crippen LogP contribution in [0.2, 0.25) is 5.02 Å². The van der Waals surface area contributed by atoms with Crippen LogP contribution in [0.1, 0.15) is 6.92 Å². The van der Waals surface area contributed by atoms with Crippen LogP contribution in [0.15, 0.2) is 48.0 Å². The number of hydrogen-bond donors (Lipinski definition) is 4. The van der Waals surface area contributed by atoms with Gasteiger partial charge in [0, 0.05) is 29.0 Å². The number of rotatable bonds is 5. The molecule has 0 saturated heterocycles. The number of ketones is 1. The Morgan fingerprint density at radius 1 is 1.29 bits per heavy atom. The Labute approximate surface area is 169 Å². The Hall–Kier alpha value is -2.82. The van der Waals surface area contributed by atoms with Crippen LogP contribution in [0.25, 0.3) is 17.2 Å². The third kappa shape index (κ3) is 4.19. The van der Waals surface area contributed by atoms with E-state index >= 15 is 0 Å². The molecule has 1 atom stereocenters. The molecule has 10 heteroatoms. The lowest BCUT2D eigenvalue weighted by Gasteiger charge is -2.11. The van der Waals surface area contributed by atoms with Crippen LogP contribution in [0.3, 0.4) is 0 Å². The van der Waals surface area contributed by atoms with Gasteiger partial charge < -0.3 is 15.5 Å². The number of Topliss-reactive ketones (excluding diaryl/α,β-unsaturated/α-hetero) is 1. The van der Waals surface area contributed by atoms with Gasteiger partial charge in [-0.2, -0.15) is 5.23 Å². The van der Waals surface area contributed by atoms with Gasteiger partial charge in [-0.1, -0.05) is 11.6 Å². The molecule has 0 radical (unpaired) electrons. The zero-order valence-corrected chi connectivity index (χ0v) is 16.1. The van der Waals surface area contributed by atoms with Gasteiger partial charge in [-0.05, 0) is 49.5 Å². The predicted molar refractivity (Wildman–Crippen MR) is 108 cm³/mol. The van der Waals surface area contributed by atoms with Gasteiger partial charge in [-0.25, -0.2) is 5.21 Å². The Morgan fingerprint density at radius 2 is 1.96 bits per heavy atom. The molecule has 0 aliphatic carbocycles. The molecule has 0 aliphatic heterocycles. The first-order valence-electron chi connectivity index (χ1n) is 8.03. The van der Waals surface area contributed by atoms with E-state index in [0.29, 0.717) is 21.7 Å². The summed E-state index contributed by atoms with van der Waals surface area (Å²) in [4.78, 5) is 27.6. The van der Waals surface area contributed by atoms with Gasteiger partial charge in [0.1, 0.15) is 0 Å². The summed E-state index contributed by atoms with van der Waals surface area (Å²) in [7, 11) is 0. The number of anilines is 1. The molecule has 0 saturated carbocycles. The molecular weight excluding hydrogens is 404 g/mol. The third-order valence-electron chi connectivity index (χ3n) is 3.95. The molecule has 0 spiro atoms. The minimum atomic E-state index is -1.10. The fourth-order valence-corrected chi connectivity index (χ4v) is 2.94. The van der Waals surface area contributed by atoms with Gasteiger partial charge >= 0.3 is 0 Å². The van der Waals surface area contributed by atoms with E-state index in [-0.39, 0.29) is 16.0 Å².